The maximum absolute atomic E-state index is 5.24. The van der Waals surface area contributed by atoms with Crippen LogP contribution in [0.15, 0.2) is 22.8 Å². The van der Waals surface area contributed by atoms with Gasteiger partial charge in [0.2, 0.25) is 0 Å². The van der Waals surface area contributed by atoms with Gasteiger partial charge in [0.1, 0.15) is 5.76 Å². The monoisotopic (exact) mass is 210 g/mol. The molecule has 1 heterocycles. The minimum absolute atomic E-state index is 0.622. The normalized spacial score (nSPS) is 12.9. The number of hydrogen-bond donors (Lipinski definition) is 2. The zero-order chi connectivity index (χ0) is 10.9. The van der Waals surface area contributed by atoms with E-state index in [0.29, 0.717) is 6.04 Å². The van der Waals surface area contributed by atoms with Gasteiger partial charge in [-0.15, -0.1) is 0 Å². The van der Waals surface area contributed by atoms with Crippen LogP contribution >= 0.6 is 0 Å². The Morgan fingerprint density at radius 1 is 1.33 bits per heavy atom. The van der Waals surface area contributed by atoms with Crippen LogP contribution in [-0.4, -0.2) is 25.7 Å². The lowest BCUT2D eigenvalue weighted by Crippen LogP contribution is -2.33. The molecule has 1 atom stereocenters. The van der Waals surface area contributed by atoms with Crippen LogP contribution in [-0.2, 0) is 6.42 Å². The molecule has 0 fully saturated rings. The van der Waals surface area contributed by atoms with Gasteiger partial charge < -0.3 is 15.1 Å². The molecule has 0 radical (unpaired) electrons. The third kappa shape index (κ3) is 5.60. The van der Waals surface area contributed by atoms with Gasteiger partial charge >= 0.3 is 0 Å². The van der Waals surface area contributed by atoms with Gasteiger partial charge in [-0.1, -0.05) is 6.92 Å². The van der Waals surface area contributed by atoms with Crippen LogP contribution in [0.25, 0.3) is 0 Å². The Hall–Kier alpha value is -0.800. The van der Waals surface area contributed by atoms with Crippen molar-refractivity contribution < 1.29 is 4.42 Å². The molecule has 0 saturated heterocycles. The molecule has 0 spiro atoms. The van der Waals surface area contributed by atoms with Crippen LogP contribution < -0.4 is 10.6 Å². The Balaban J connectivity index is 1.89. The minimum atomic E-state index is 0.622. The molecule has 0 saturated carbocycles. The van der Waals surface area contributed by atoms with Crippen molar-refractivity contribution >= 4 is 0 Å². The van der Waals surface area contributed by atoms with Crippen LogP contribution in [0.2, 0.25) is 0 Å². The summed E-state index contributed by atoms with van der Waals surface area (Å²) in [6.45, 7) is 7.44. The predicted octanol–water partition coefficient (Wildman–Crippen LogP) is 1.80. The Labute approximate surface area is 92.2 Å². The van der Waals surface area contributed by atoms with Crippen molar-refractivity contribution in [2.75, 3.05) is 19.6 Å². The van der Waals surface area contributed by atoms with Gasteiger partial charge in [-0.25, -0.2) is 0 Å². The molecule has 0 bridgehead atoms. The Morgan fingerprint density at radius 2 is 2.20 bits per heavy atom. The summed E-state index contributed by atoms with van der Waals surface area (Å²) in [5.41, 5.74) is 0. The summed E-state index contributed by atoms with van der Waals surface area (Å²) in [4.78, 5) is 0. The number of furan rings is 1. The molecule has 1 unspecified atom stereocenters. The van der Waals surface area contributed by atoms with E-state index in [-0.39, 0.29) is 0 Å². The average Bonchev–Trinajstić information content (AvgIpc) is 2.75. The number of nitrogens with one attached hydrogen (secondary N) is 2. The quantitative estimate of drug-likeness (QED) is 0.642. The van der Waals surface area contributed by atoms with Gasteiger partial charge in [-0.2, -0.15) is 0 Å². The summed E-state index contributed by atoms with van der Waals surface area (Å²) in [5, 5.41) is 6.82. The number of rotatable bonds is 8. The average molecular weight is 210 g/mol. The second-order valence-electron chi connectivity index (χ2n) is 3.84. The van der Waals surface area contributed by atoms with E-state index in [1.165, 1.54) is 6.42 Å². The van der Waals surface area contributed by atoms with Gasteiger partial charge in [0.25, 0.3) is 0 Å². The van der Waals surface area contributed by atoms with Crippen molar-refractivity contribution in [3.05, 3.63) is 24.2 Å². The maximum atomic E-state index is 5.24. The van der Waals surface area contributed by atoms with Crippen LogP contribution in [0.1, 0.15) is 26.0 Å². The van der Waals surface area contributed by atoms with E-state index >= 15 is 0 Å². The van der Waals surface area contributed by atoms with E-state index in [2.05, 4.69) is 24.5 Å². The lowest BCUT2D eigenvalue weighted by Gasteiger charge is -2.11. The smallest absolute Gasteiger partial charge is 0.105 e. The van der Waals surface area contributed by atoms with Gasteiger partial charge in [0, 0.05) is 32.1 Å². The topological polar surface area (TPSA) is 37.2 Å². The van der Waals surface area contributed by atoms with Crippen molar-refractivity contribution in [2.45, 2.75) is 32.7 Å². The SMILES string of the molecule is CCC(C)NCCNCCc1ccco1. The Morgan fingerprint density at radius 3 is 2.87 bits per heavy atom. The highest BCUT2D eigenvalue weighted by Gasteiger charge is 1.96. The molecule has 0 aliphatic rings. The summed E-state index contributed by atoms with van der Waals surface area (Å²) in [6, 6.07) is 4.57. The largest absolute Gasteiger partial charge is 0.469 e. The summed E-state index contributed by atoms with van der Waals surface area (Å²) in [5.74, 6) is 1.05. The molecule has 2 N–H and O–H groups in total. The fraction of sp³-hybridized carbons (Fsp3) is 0.667. The fourth-order valence-corrected chi connectivity index (χ4v) is 1.34. The molecule has 1 aromatic heterocycles. The highest BCUT2D eigenvalue weighted by atomic mass is 16.3. The highest BCUT2D eigenvalue weighted by molar-refractivity contribution is 4.98. The summed E-state index contributed by atoms with van der Waals surface area (Å²) < 4.78 is 5.24. The van der Waals surface area contributed by atoms with Crippen molar-refractivity contribution in [2.24, 2.45) is 0 Å². The van der Waals surface area contributed by atoms with Gasteiger partial charge in [0.15, 0.2) is 0 Å². The maximum Gasteiger partial charge on any atom is 0.105 e. The van der Waals surface area contributed by atoms with E-state index < -0.39 is 0 Å². The number of hydrogen-bond acceptors (Lipinski definition) is 3. The molecule has 0 aromatic carbocycles. The highest BCUT2D eigenvalue weighted by Crippen LogP contribution is 1.99. The van der Waals surface area contributed by atoms with Crippen molar-refractivity contribution in [1.82, 2.24) is 10.6 Å². The molecule has 3 nitrogen and oxygen atoms in total. The first-order valence-electron chi connectivity index (χ1n) is 5.79. The third-order valence-corrected chi connectivity index (χ3v) is 2.54. The van der Waals surface area contributed by atoms with Crippen LogP contribution in [0, 0.1) is 0 Å². The first kappa shape index (κ1) is 12.3. The molecule has 0 aliphatic heterocycles. The lowest BCUT2D eigenvalue weighted by atomic mass is 10.2. The Kier molecular flexibility index (Phi) is 6.12. The minimum Gasteiger partial charge on any atom is -0.469 e. The molecule has 1 rings (SSSR count). The van der Waals surface area contributed by atoms with Gasteiger partial charge in [-0.05, 0) is 25.5 Å². The van der Waals surface area contributed by atoms with Crippen molar-refractivity contribution in [3.8, 4) is 0 Å². The molecular formula is C12H22N2O. The van der Waals surface area contributed by atoms with Crippen LogP contribution in [0.4, 0.5) is 0 Å². The molecule has 15 heavy (non-hydrogen) atoms. The second kappa shape index (κ2) is 7.49. The lowest BCUT2D eigenvalue weighted by molar-refractivity contribution is 0.488. The zero-order valence-electron chi connectivity index (χ0n) is 9.75. The van der Waals surface area contributed by atoms with E-state index in [4.69, 9.17) is 4.42 Å². The standard InChI is InChI=1S/C12H22N2O/c1-3-11(2)14-9-8-13-7-6-12-5-4-10-15-12/h4-5,10-11,13-14H,3,6-9H2,1-2H3. The van der Waals surface area contributed by atoms with E-state index in [0.717, 1.165) is 31.8 Å². The van der Waals surface area contributed by atoms with E-state index in [1.54, 1.807) is 6.26 Å². The molecule has 86 valence electrons. The fourth-order valence-electron chi connectivity index (χ4n) is 1.34. The summed E-state index contributed by atoms with van der Waals surface area (Å²) in [6.07, 6.45) is 3.88. The second-order valence-corrected chi connectivity index (χ2v) is 3.84. The van der Waals surface area contributed by atoms with Crippen LogP contribution in [0.5, 0.6) is 0 Å². The van der Waals surface area contributed by atoms with E-state index in [9.17, 15) is 0 Å². The van der Waals surface area contributed by atoms with Gasteiger partial charge in [-0.3, -0.25) is 0 Å². The first-order chi connectivity index (χ1) is 7.33. The predicted molar refractivity (Wildman–Crippen MR) is 63.0 cm³/mol. The molecule has 3 heteroatoms. The van der Waals surface area contributed by atoms with Crippen molar-refractivity contribution in [1.29, 1.82) is 0 Å². The summed E-state index contributed by atoms with van der Waals surface area (Å²) in [7, 11) is 0. The van der Waals surface area contributed by atoms with Gasteiger partial charge in [0.05, 0.1) is 6.26 Å². The Bertz CT molecular complexity index is 234. The zero-order valence-corrected chi connectivity index (χ0v) is 9.75. The third-order valence-electron chi connectivity index (χ3n) is 2.54. The van der Waals surface area contributed by atoms with E-state index in [1.807, 2.05) is 12.1 Å². The van der Waals surface area contributed by atoms with Crippen LogP contribution in [0.3, 0.4) is 0 Å². The molecule has 1 aromatic rings. The molecule has 0 amide bonds. The molecule has 0 aliphatic carbocycles. The summed E-state index contributed by atoms with van der Waals surface area (Å²) >= 11 is 0. The van der Waals surface area contributed by atoms with Crippen molar-refractivity contribution in [3.63, 3.8) is 0 Å². The first-order valence-corrected chi connectivity index (χ1v) is 5.79. The molecular weight excluding hydrogens is 188 g/mol.